The molecular weight excluding hydrogens is 410 g/mol. The normalized spacial score (nSPS) is 23.6. The van der Waals surface area contributed by atoms with Crippen LogP contribution >= 0.6 is 11.6 Å². The first-order chi connectivity index (χ1) is 13.9. The van der Waals surface area contributed by atoms with Gasteiger partial charge in [0.05, 0.1) is 40.1 Å². The Morgan fingerprint density at radius 2 is 1.90 bits per heavy atom. The van der Waals surface area contributed by atoms with E-state index in [0.29, 0.717) is 24.7 Å². The van der Waals surface area contributed by atoms with Crippen LogP contribution in [0.15, 0.2) is 28.9 Å². The highest BCUT2D eigenvalue weighted by molar-refractivity contribution is 7.91. The Balaban J connectivity index is 1.55. The molecule has 0 unspecified atom stereocenters. The van der Waals surface area contributed by atoms with Crippen LogP contribution < -0.4 is 10.6 Å². The van der Waals surface area contributed by atoms with Crippen molar-refractivity contribution in [3.8, 4) is 0 Å². The number of halogens is 1. The molecule has 1 aliphatic carbocycles. The Morgan fingerprint density at radius 1 is 1.17 bits per heavy atom. The molecular formula is C21H26ClN3O3S. The molecule has 8 heteroatoms. The van der Waals surface area contributed by atoms with Gasteiger partial charge in [0.15, 0.2) is 9.84 Å². The van der Waals surface area contributed by atoms with Crippen LogP contribution in [0.2, 0.25) is 5.02 Å². The molecule has 3 heterocycles. The zero-order valence-electron chi connectivity index (χ0n) is 16.4. The van der Waals surface area contributed by atoms with E-state index in [0.717, 1.165) is 59.5 Å². The third kappa shape index (κ3) is 3.43. The van der Waals surface area contributed by atoms with E-state index in [1.165, 1.54) is 6.42 Å². The van der Waals surface area contributed by atoms with Gasteiger partial charge < -0.3 is 15.1 Å². The molecule has 0 atom stereocenters. The minimum absolute atomic E-state index is 0.201. The number of fused-ring (bicyclic) bond motifs is 4. The van der Waals surface area contributed by atoms with Crippen LogP contribution in [0.25, 0.3) is 11.0 Å². The van der Waals surface area contributed by atoms with E-state index in [1.807, 2.05) is 12.1 Å². The van der Waals surface area contributed by atoms with Crippen molar-refractivity contribution in [3.63, 3.8) is 0 Å². The van der Waals surface area contributed by atoms with Crippen LogP contribution in [-0.2, 0) is 21.9 Å². The van der Waals surface area contributed by atoms with E-state index in [1.54, 1.807) is 0 Å². The summed E-state index contributed by atoms with van der Waals surface area (Å²) in [6.07, 6.45) is 5.60. The van der Waals surface area contributed by atoms with Gasteiger partial charge in [-0.2, -0.15) is 0 Å². The molecule has 156 valence electrons. The quantitative estimate of drug-likeness (QED) is 0.743. The maximum atomic E-state index is 11.7. The lowest BCUT2D eigenvalue weighted by molar-refractivity contribution is 0.247. The first kappa shape index (κ1) is 19.3. The zero-order chi connectivity index (χ0) is 20.2. The molecule has 6 nitrogen and oxygen atoms in total. The summed E-state index contributed by atoms with van der Waals surface area (Å²) < 4.78 is 29.8. The molecule has 29 heavy (non-hydrogen) atoms. The lowest BCUT2D eigenvalue weighted by Gasteiger charge is -2.44. The molecule has 0 amide bonds. The van der Waals surface area contributed by atoms with Crippen LogP contribution in [-0.4, -0.2) is 37.9 Å². The Hall–Kier alpha value is -1.70. The second kappa shape index (κ2) is 6.93. The van der Waals surface area contributed by atoms with Crippen LogP contribution in [0.5, 0.6) is 0 Å². The predicted octanol–water partition coefficient (Wildman–Crippen LogP) is 3.96. The van der Waals surface area contributed by atoms with E-state index in [9.17, 15) is 8.42 Å². The molecule has 2 N–H and O–H groups in total. The Morgan fingerprint density at radius 3 is 2.62 bits per heavy atom. The molecule has 0 bridgehead atoms. The van der Waals surface area contributed by atoms with Crippen molar-refractivity contribution in [1.29, 1.82) is 0 Å². The molecule has 5 rings (SSSR count). The molecule has 1 saturated carbocycles. The van der Waals surface area contributed by atoms with Gasteiger partial charge in [-0.25, -0.2) is 8.42 Å². The summed E-state index contributed by atoms with van der Waals surface area (Å²) in [6.45, 7) is 5.81. The predicted molar refractivity (Wildman–Crippen MR) is 116 cm³/mol. The highest BCUT2D eigenvalue weighted by atomic mass is 35.5. The number of sulfone groups is 1. The van der Waals surface area contributed by atoms with Gasteiger partial charge in [0.2, 0.25) is 0 Å². The maximum Gasteiger partial charge on any atom is 0.152 e. The number of hydrogen-bond acceptors (Lipinski definition) is 6. The largest absolute Gasteiger partial charge is 0.459 e. The van der Waals surface area contributed by atoms with Crippen LogP contribution in [0.3, 0.4) is 0 Å². The summed E-state index contributed by atoms with van der Waals surface area (Å²) in [7, 11) is -2.89. The zero-order valence-corrected chi connectivity index (χ0v) is 18.0. The van der Waals surface area contributed by atoms with Crippen molar-refractivity contribution in [2.24, 2.45) is 0 Å². The van der Waals surface area contributed by atoms with E-state index in [2.05, 4.69) is 22.1 Å². The number of hydrogen-bond donors (Lipinski definition) is 2. The first-order valence-corrected chi connectivity index (χ1v) is 12.5. The molecule has 0 radical (unpaired) electrons. The fraction of sp³-hybridized carbons (Fsp3) is 0.524. The Labute approximate surface area is 176 Å². The van der Waals surface area contributed by atoms with Crippen molar-refractivity contribution in [2.45, 2.75) is 44.2 Å². The summed E-state index contributed by atoms with van der Waals surface area (Å²) in [4.78, 5) is 2.14. The number of anilines is 1. The number of rotatable bonds is 2. The van der Waals surface area contributed by atoms with E-state index in [4.69, 9.17) is 16.0 Å². The third-order valence-corrected chi connectivity index (χ3v) is 8.39. The minimum atomic E-state index is -2.89. The van der Waals surface area contributed by atoms with E-state index in [-0.39, 0.29) is 17.0 Å². The summed E-state index contributed by atoms with van der Waals surface area (Å²) >= 11 is 6.67. The van der Waals surface area contributed by atoms with Gasteiger partial charge in [0.1, 0.15) is 11.3 Å². The monoisotopic (exact) mass is 435 g/mol. The lowest BCUT2D eigenvalue weighted by Crippen LogP contribution is -2.48. The number of nitrogens with one attached hydrogen (secondary N) is 2. The second-order valence-electron chi connectivity index (χ2n) is 8.54. The Kier molecular flexibility index (Phi) is 4.60. The van der Waals surface area contributed by atoms with Crippen molar-refractivity contribution in [3.05, 3.63) is 40.9 Å². The van der Waals surface area contributed by atoms with Gasteiger partial charge in [-0.15, -0.1) is 0 Å². The van der Waals surface area contributed by atoms with Gasteiger partial charge in [0.25, 0.3) is 0 Å². The number of furan rings is 1. The van der Waals surface area contributed by atoms with Crippen molar-refractivity contribution in [2.75, 3.05) is 29.9 Å². The second-order valence-corrected chi connectivity index (χ2v) is 11.2. The van der Waals surface area contributed by atoms with Gasteiger partial charge >= 0.3 is 0 Å². The molecule has 1 saturated heterocycles. The van der Waals surface area contributed by atoms with Crippen molar-refractivity contribution >= 4 is 38.1 Å². The average molecular weight is 436 g/mol. The summed E-state index contributed by atoms with van der Waals surface area (Å²) in [5.41, 5.74) is 2.68. The molecule has 1 aromatic heterocycles. The standard InChI is InChI=1S/C21H26ClN3O3S/c1-14-23-19-17(22)12-15-11-16(13-25-7-9-29(26,27)10-8-25)28-20(15)18(19)21(24-14)5-3-2-4-6-21/h11-12,23-24H,1-10,13H2. The SMILES string of the molecule is C=C1Nc2c(Cl)cc3cc(CN4CCS(=O)(=O)CC4)oc3c2C2(CCCCC2)N1. The molecule has 1 spiro atoms. The minimum Gasteiger partial charge on any atom is -0.459 e. The maximum absolute atomic E-state index is 11.7. The molecule has 2 aromatic rings. The van der Waals surface area contributed by atoms with Crippen LogP contribution in [0, 0.1) is 0 Å². The molecule has 2 fully saturated rings. The molecule has 2 aliphatic heterocycles. The van der Waals surface area contributed by atoms with Crippen LogP contribution in [0.1, 0.15) is 43.4 Å². The van der Waals surface area contributed by atoms with Gasteiger partial charge in [0, 0.05) is 24.0 Å². The molecule has 1 aromatic carbocycles. The van der Waals surface area contributed by atoms with Gasteiger partial charge in [-0.05, 0) is 25.0 Å². The van der Waals surface area contributed by atoms with Crippen molar-refractivity contribution in [1.82, 2.24) is 10.2 Å². The Bertz CT molecular complexity index is 1070. The summed E-state index contributed by atoms with van der Waals surface area (Å²) in [5.74, 6) is 2.06. The highest BCUT2D eigenvalue weighted by Gasteiger charge is 2.42. The van der Waals surface area contributed by atoms with E-state index >= 15 is 0 Å². The van der Waals surface area contributed by atoms with Gasteiger partial charge in [-0.3, -0.25) is 4.90 Å². The summed E-state index contributed by atoms with van der Waals surface area (Å²) in [6, 6.07) is 4.00. The third-order valence-electron chi connectivity index (χ3n) is 6.48. The van der Waals surface area contributed by atoms with Gasteiger partial charge in [-0.1, -0.05) is 37.4 Å². The van der Waals surface area contributed by atoms with Crippen LogP contribution in [0.4, 0.5) is 5.69 Å². The smallest absolute Gasteiger partial charge is 0.152 e. The fourth-order valence-electron chi connectivity index (χ4n) is 5.05. The topological polar surface area (TPSA) is 74.6 Å². The number of benzene rings is 1. The first-order valence-electron chi connectivity index (χ1n) is 10.3. The van der Waals surface area contributed by atoms with E-state index < -0.39 is 9.84 Å². The average Bonchev–Trinajstić information content (AvgIpc) is 3.06. The highest BCUT2D eigenvalue weighted by Crippen LogP contribution is 2.49. The van der Waals surface area contributed by atoms with Crippen molar-refractivity contribution < 1.29 is 12.8 Å². The fourth-order valence-corrected chi connectivity index (χ4v) is 6.59. The lowest BCUT2D eigenvalue weighted by atomic mass is 9.74. The summed E-state index contributed by atoms with van der Waals surface area (Å²) in [5, 5.41) is 8.59. The number of nitrogens with zero attached hydrogens (tertiary/aromatic N) is 1. The molecule has 3 aliphatic rings.